The van der Waals surface area contributed by atoms with Crippen LogP contribution in [0.25, 0.3) is 10.9 Å². The van der Waals surface area contributed by atoms with E-state index in [1.807, 2.05) is 12.1 Å². The Morgan fingerprint density at radius 3 is 2.38 bits per heavy atom. The summed E-state index contributed by atoms with van der Waals surface area (Å²) in [6, 6.07) is 3.98. The number of esters is 1. The minimum Gasteiger partial charge on any atom is -0.493 e. The summed E-state index contributed by atoms with van der Waals surface area (Å²) < 4.78 is 15.6. The average molecular weight is 359 g/mol. The summed E-state index contributed by atoms with van der Waals surface area (Å²) in [5.41, 5.74) is 8.40. The number of nitrogens with zero attached hydrogens (tertiary/aromatic N) is 1. The van der Waals surface area contributed by atoms with Gasteiger partial charge in [0.2, 0.25) is 0 Å². The van der Waals surface area contributed by atoms with E-state index in [4.69, 9.17) is 19.9 Å². The van der Waals surface area contributed by atoms with Crippen LogP contribution in [0.15, 0.2) is 18.3 Å². The molecule has 0 spiro atoms. The monoisotopic (exact) mass is 359 g/mol. The molecule has 1 aliphatic carbocycles. The number of rotatable bonds is 5. The number of carbonyl (C=O) groups excluding carboxylic acids is 1. The number of hydrogen-bond acceptors (Lipinski definition) is 7. The number of nitrogens with two attached hydrogens (primary N) is 1. The average Bonchev–Trinajstić information content (AvgIpc) is 2.69. The van der Waals surface area contributed by atoms with E-state index in [9.17, 15) is 4.79 Å². The molecule has 7 heteroatoms. The maximum absolute atomic E-state index is 11.7. The number of nitrogen functional groups attached to an aromatic ring is 1. The highest BCUT2D eigenvalue weighted by Gasteiger charge is 2.27. The number of ether oxygens (including phenoxy) is 3. The summed E-state index contributed by atoms with van der Waals surface area (Å²) >= 11 is 0. The van der Waals surface area contributed by atoms with Crippen molar-refractivity contribution in [3.8, 4) is 11.5 Å². The summed E-state index contributed by atoms with van der Waals surface area (Å²) in [4.78, 5) is 16.1. The van der Waals surface area contributed by atoms with Crippen LogP contribution in [0, 0.1) is 5.92 Å². The number of carbonyl (C=O) groups is 1. The number of anilines is 2. The van der Waals surface area contributed by atoms with E-state index in [2.05, 4.69) is 10.3 Å². The van der Waals surface area contributed by atoms with Gasteiger partial charge in [0.05, 0.1) is 50.3 Å². The van der Waals surface area contributed by atoms with Crippen LogP contribution in [0.5, 0.6) is 11.5 Å². The molecular formula is C19H25N3O4. The molecule has 2 aromatic rings. The van der Waals surface area contributed by atoms with Gasteiger partial charge in [-0.3, -0.25) is 9.78 Å². The van der Waals surface area contributed by atoms with Gasteiger partial charge in [-0.2, -0.15) is 0 Å². The van der Waals surface area contributed by atoms with Crippen molar-refractivity contribution in [1.29, 1.82) is 0 Å². The highest BCUT2D eigenvalue weighted by molar-refractivity contribution is 5.98. The summed E-state index contributed by atoms with van der Waals surface area (Å²) in [7, 11) is 4.64. The second kappa shape index (κ2) is 7.68. The molecule has 1 fully saturated rings. The van der Waals surface area contributed by atoms with Crippen molar-refractivity contribution in [3.63, 3.8) is 0 Å². The van der Waals surface area contributed by atoms with E-state index < -0.39 is 0 Å². The molecule has 0 atom stereocenters. The first-order valence-electron chi connectivity index (χ1n) is 8.72. The van der Waals surface area contributed by atoms with E-state index in [1.54, 1.807) is 20.4 Å². The Labute approximate surface area is 152 Å². The summed E-state index contributed by atoms with van der Waals surface area (Å²) in [6.45, 7) is 0. The van der Waals surface area contributed by atoms with Crippen LogP contribution in [-0.2, 0) is 9.53 Å². The molecule has 0 aliphatic heterocycles. The second-order valence-corrected chi connectivity index (χ2v) is 6.53. The van der Waals surface area contributed by atoms with E-state index in [0.717, 1.165) is 42.3 Å². The molecule has 0 bridgehead atoms. The molecule has 0 amide bonds. The van der Waals surface area contributed by atoms with Crippen LogP contribution in [0.4, 0.5) is 11.4 Å². The highest BCUT2D eigenvalue weighted by Crippen LogP contribution is 2.38. The van der Waals surface area contributed by atoms with Gasteiger partial charge in [0.1, 0.15) is 0 Å². The van der Waals surface area contributed by atoms with Gasteiger partial charge in [0.15, 0.2) is 11.5 Å². The number of pyridine rings is 1. The van der Waals surface area contributed by atoms with Crippen molar-refractivity contribution in [2.75, 3.05) is 32.4 Å². The van der Waals surface area contributed by atoms with E-state index in [-0.39, 0.29) is 17.9 Å². The first kappa shape index (κ1) is 18.1. The smallest absolute Gasteiger partial charge is 0.308 e. The molecule has 0 saturated heterocycles. The molecule has 1 aromatic carbocycles. The van der Waals surface area contributed by atoms with Crippen LogP contribution in [-0.4, -0.2) is 38.3 Å². The lowest BCUT2D eigenvalue weighted by Gasteiger charge is -2.29. The summed E-state index contributed by atoms with van der Waals surface area (Å²) in [5, 5.41) is 4.43. The largest absolute Gasteiger partial charge is 0.493 e. The Hall–Kier alpha value is -2.70. The fourth-order valence-corrected chi connectivity index (χ4v) is 3.54. The van der Waals surface area contributed by atoms with Crippen LogP contribution in [0.1, 0.15) is 25.7 Å². The van der Waals surface area contributed by atoms with Crippen LogP contribution in [0.3, 0.4) is 0 Å². The van der Waals surface area contributed by atoms with Gasteiger partial charge in [-0.1, -0.05) is 0 Å². The van der Waals surface area contributed by atoms with Gasteiger partial charge < -0.3 is 25.3 Å². The second-order valence-electron chi connectivity index (χ2n) is 6.53. The third-order valence-electron chi connectivity index (χ3n) is 5.01. The standard InChI is InChI=1S/C19H25N3O4/c1-24-16-8-13-15(9-17(16)25-2)21-10-14(20)18(13)22-12-6-4-11(5-7-12)19(23)26-3/h8-12H,4-7,20H2,1-3H3,(H,21,22)/t11-,12-. The van der Waals surface area contributed by atoms with Gasteiger partial charge >= 0.3 is 5.97 Å². The lowest BCUT2D eigenvalue weighted by Crippen LogP contribution is -2.30. The predicted octanol–water partition coefficient (Wildman–Crippen LogP) is 2.98. The Balaban J connectivity index is 1.86. The zero-order valence-electron chi connectivity index (χ0n) is 15.4. The SMILES string of the molecule is COc1cc2ncc(N)c(N[C@H]3CC[C@H](C(=O)OC)CC3)c2cc1OC. The van der Waals surface area contributed by atoms with Crippen molar-refractivity contribution in [2.45, 2.75) is 31.7 Å². The fraction of sp³-hybridized carbons (Fsp3) is 0.474. The molecular weight excluding hydrogens is 334 g/mol. The van der Waals surface area contributed by atoms with Gasteiger partial charge in [-0.15, -0.1) is 0 Å². The van der Waals surface area contributed by atoms with Crippen molar-refractivity contribution >= 4 is 28.2 Å². The Morgan fingerprint density at radius 1 is 1.12 bits per heavy atom. The maximum Gasteiger partial charge on any atom is 0.308 e. The zero-order chi connectivity index (χ0) is 18.7. The molecule has 0 radical (unpaired) electrons. The molecule has 3 rings (SSSR count). The van der Waals surface area contributed by atoms with E-state index in [1.165, 1.54) is 7.11 Å². The highest BCUT2D eigenvalue weighted by atomic mass is 16.5. The zero-order valence-corrected chi connectivity index (χ0v) is 15.4. The number of benzene rings is 1. The lowest BCUT2D eigenvalue weighted by molar-refractivity contribution is -0.146. The predicted molar refractivity (Wildman–Crippen MR) is 101 cm³/mol. The van der Waals surface area contributed by atoms with Gasteiger partial charge in [-0.05, 0) is 31.7 Å². The number of fused-ring (bicyclic) bond motifs is 1. The van der Waals surface area contributed by atoms with Crippen LogP contribution < -0.4 is 20.5 Å². The third-order valence-corrected chi connectivity index (χ3v) is 5.01. The van der Waals surface area contributed by atoms with Crippen molar-refractivity contribution in [2.24, 2.45) is 5.92 Å². The molecule has 1 aliphatic rings. The quantitative estimate of drug-likeness (QED) is 0.792. The number of hydrogen-bond donors (Lipinski definition) is 2. The summed E-state index contributed by atoms with van der Waals surface area (Å²) in [5.74, 6) is 1.13. The lowest BCUT2D eigenvalue weighted by atomic mass is 9.86. The minimum absolute atomic E-state index is 0.00561. The van der Waals surface area contributed by atoms with E-state index in [0.29, 0.717) is 17.2 Å². The molecule has 1 saturated carbocycles. The molecule has 7 nitrogen and oxygen atoms in total. The number of methoxy groups -OCH3 is 3. The first-order valence-corrected chi connectivity index (χ1v) is 8.72. The van der Waals surface area contributed by atoms with Crippen molar-refractivity contribution in [3.05, 3.63) is 18.3 Å². The molecule has 1 heterocycles. The minimum atomic E-state index is -0.117. The first-order chi connectivity index (χ1) is 12.6. The van der Waals surface area contributed by atoms with Crippen LogP contribution >= 0.6 is 0 Å². The van der Waals surface area contributed by atoms with E-state index >= 15 is 0 Å². The van der Waals surface area contributed by atoms with Gasteiger partial charge in [-0.25, -0.2) is 0 Å². The number of nitrogens with one attached hydrogen (secondary N) is 1. The van der Waals surface area contributed by atoms with Crippen molar-refractivity contribution < 1.29 is 19.0 Å². The van der Waals surface area contributed by atoms with Gasteiger partial charge in [0, 0.05) is 17.5 Å². The molecule has 0 unspecified atom stereocenters. The molecule has 26 heavy (non-hydrogen) atoms. The maximum atomic E-state index is 11.7. The third kappa shape index (κ3) is 3.47. The number of aromatic nitrogens is 1. The van der Waals surface area contributed by atoms with Gasteiger partial charge in [0.25, 0.3) is 0 Å². The fourth-order valence-electron chi connectivity index (χ4n) is 3.54. The Bertz CT molecular complexity index is 801. The normalized spacial score (nSPS) is 19.8. The van der Waals surface area contributed by atoms with Crippen LogP contribution in [0.2, 0.25) is 0 Å². The molecule has 3 N–H and O–H groups in total. The topological polar surface area (TPSA) is 95.7 Å². The molecule has 140 valence electrons. The van der Waals surface area contributed by atoms with Crippen molar-refractivity contribution in [1.82, 2.24) is 4.98 Å². The Morgan fingerprint density at radius 2 is 1.77 bits per heavy atom. The molecule has 1 aromatic heterocycles. The Kier molecular flexibility index (Phi) is 5.35. The summed E-state index contributed by atoms with van der Waals surface area (Å²) in [6.07, 6.45) is 5.04.